The van der Waals surface area contributed by atoms with Crippen LogP contribution < -0.4 is 0 Å². The molecule has 2 heterocycles. The van der Waals surface area contributed by atoms with Crippen molar-refractivity contribution in [1.29, 1.82) is 0 Å². The van der Waals surface area contributed by atoms with E-state index in [1.165, 1.54) is 0 Å². The van der Waals surface area contributed by atoms with E-state index in [1.807, 2.05) is 42.5 Å². The Morgan fingerprint density at radius 2 is 1.82 bits per heavy atom. The number of ketones is 1. The molecule has 0 atom stereocenters. The van der Waals surface area contributed by atoms with Gasteiger partial charge in [0, 0.05) is 11.8 Å². The second kappa shape index (κ2) is 3.94. The first-order valence-corrected chi connectivity index (χ1v) is 5.46. The minimum atomic E-state index is 0.108. The molecule has 1 aromatic carbocycles. The zero-order valence-corrected chi connectivity index (χ0v) is 9.13. The summed E-state index contributed by atoms with van der Waals surface area (Å²) in [7, 11) is 0. The van der Waals surface area contributed by atoms with Gasteiger partial charge in [0.15, 0.2) is 5.78 Å². The summed E-state index contributed by atoms with van der Waals surface area (Å²) in [5, 5.41) is 0. The third-order valence-electron chi connectivity index (χ3n) is 2.75. The third kappa shape index (κ3) is 1.76. The summed E-state index contributed by atoms with van der Waals surface area (Å²) in [6.07, 6.45) is 2.04. The molecule has 0 aliphatic carbocycles. The van der Waals surface area contributed by atoms with Crippen LogP contribution in [0.25, 0.3) is 0 Å². The maximum absolute atomic E-state index is 12.0. The monoisotopic (exact) mass is 222 g/mol. The van der Waals surface area contributed by atoms with E-state index in [2.05, 4.69) is 9.98 Å². The number of carbonyl (C=O) groups is 1. The van der Waals surface area contributed by atoms with Crippen molar-refractivity contribution in [2.75, 3.05) is 0 Å². The second-order valence-electron chi connectivity index (χ2n) is 3.89. The molecule has 2 aromatic rings. The number of para-hydroxylation sites is 1. The fourth-order valence-corrected chi connectivity index (χ4v) is 1.92. The van der Waals surface area contributed by atoms with Crippen LogP contribution in [0.15, 0.2) is 53.7 Å². The van der Waals surface area contributed by atoms with Gasteiger partial charge in [-0.05, 0) is 24.3 Å². The van der Waals surface area contributed by atoms with Crippen LogP contribution in [0.3, 0.4) is 0 Å². The van der Waals surface area contributed by atoms with E-state index < -0.39 is 0 Å². The van der Waals surface area contributed by atoms with Gasteiger partial charge in [0.1, 0.15) is 0 Å². The van der Waals surface area contributed by atoms with Gasteiger partial charge in [-0.15, -0.1) is 0 Å². The van der Waals surface area contributed by atoms with Crippen LogP contribution in [0, 0.1) is 0 Å². The number of rotatable bonds is 1. The molecule has 1 aliphatic rings. The van der Waals surface area contributed by atoms with Crippen LogP contribution in [-0.4, -0.2) is 16.5 Å². The maximum Gasteiger partial charge on any atom is 0.171 e. The first-order chi connectivity index (χ1) is 8.34. The minimum Gasteiger partial charge on any atom is -0.294 e. The molecule has 17 heavy (non-hydrogen) atoms. The summed E-state index contributed by atoms with van der Waals surface area (Å²) in [4.78, 5) is 20.7. The quantitative estimate of drug-likeness (QED) is 0.744. The predicted octanol–water partition coefficient (Wildman–Crippen LogP) is 2.79. The lowest BCUT2D eigenvalue weighted by molar-refractivity contribution is 0.1000. The molecule has 0 radical (unpaired) electrons. The summed E-state index contributed by atoms with van der Waals surface area (Å²) >= 11 is 0. The number of hydrogen-bond acceptors (Lipinski definition) is 3. The molecule has 0 unspecified atom stereocenters. The Labute approximate surface area is 98.9 Å². The first kappa shape index (κ1) is 9.90. The lowest BCUT2D eigenvalue weighted by atomic mass is 9.98. The molecule has 0 amide bonds. The Bertz CT molecular complexity index is 603. The average Bonchev–Trinajstić information content (AvgIpc) is 2.40. The highest BCUT2D eigenvalue weighted by atomic mass is 16.1. The molecule has 82 valence electrons. The number of pyridine rings is 1. The Morgan fingerprint density at radius 1 is 1.00 bits per heavy atom. The molecule has 0 spiro atoms. The molecule has 0 saturated heterocycles. The van der Waals surface area contributed by atoms with Crippen LogP contribution in [0.4, 0.5) is 5.69 Å². The van der Waals surface area contributed by atoms with Crippen molar-refractivity contribution in [2.24, 2.45) is 4.99 Å². The molecule has 0 N–H and O–H groups in total. The van der Waals surface area contributed by atoms with E-state index in [1.54, 1.807) is 6.20 Å². The highest BCUT2D eigenvalue weighted by Gasteiger charge is 2.20. The summed E-state index contributed by atoms with van der Waals surface area (Å²) in [5.74, 6) is 0.108. The molecule has 1 aliphatic heterocycles. The van der Waals surface area contributed by atoms with E-state index in [-0.39, 0.29) is 5.78 Å². The van der Waals surface area contributed by atoms with Gasteiger partial charge in [-0.25, -0.2) is 4.99 Å². The molecule has 1 aromatic heterocycles. The molecule has 0 fully saturated rings. The number of aromatic nitrogens is 1. The average molecular weight is 222 g/mol. The highest BCUT2D eigenvalue weighted by Crippen LogP contribution is 2.26. The van der Waals surface area contributed by atoms with Gasteiger partial charge in [0.05, 0.1) is 23.5 Å². The largest absolute Gasteiger partial charge is 0.294 e. The number of hydrogen-bond donors (Lipinski definition) is 0. The van der Waals surface area contributed by atoms with Crippen molar-refractivity contribution in [1.82, 2.24) is 4.98 Å². The van der Waals surface area contributed by atoms with E-state index in [4.69, 9.17) is 0 Å². The third-order valence-corrected chi connectivity index (χ3v) is 2.75. The fraction of sp³-hybridized carbons (Fsp3) is 0.0714. The van der Waals surface area contributed by atoms with Gasteiger partial charge in [-0.3, -0.25) is 9.78 Å². The molecule has 0 bridgehead atoms. The van der Waals surface area contributed by atoms with Gasteiger partial charge in [0.2, 0.25) is 0 Å². The topological polar surface area (TPSA) is 42.3 Å². The van der Waals surface area contributed by atoms with Crippen LogP contribution in [0.2, 0.25) is 0 Å². The highest BCUT2D eigenvalue weighted by molar-refractivity contribution is 6.20. The lowest BCUT2D eigenvalue weighted by Crippen LogP contribution is -2.15. The number of nitrogens with zero attached hydrogens (tertiary/aromatic N) is 2. The number of Topliss-reactive ketones (excluding diaryl/α,β-unsaturated/α-hetero) is 1. The van der Waals surface area contributed by atoms with Crippen LogP contribution >= 0.6 is 0 Å². The van der Waals surface area contributed by atoms with Gasteiger partial charge in [0.25, 0.3) is 0 Å². The summed E-state index contributed by atoms with van der Waals surface area (Å²) < 4.78 is 0. The standard InChI is InChI=1S/C14H10N2O/c17-14-9-13(12-7-3-4-8-15-12)16-11-6-2-1-5-10(11)14/h1-8H,9H2. The Hall–Kier alpha value is -2.29. The van der Waals surface area contributed by atoms with E-state index in [0.29, 0.717) is 12.0 Å². The van der Waals surface area contributed by atoms with E-state index in [0.717, 1.165) is 17.1 Å². The maximum atomic E-state index is 12.0. The van der Waals surface area contributed by atoms with Crippen molar-refractivity contribution < 1.29 is 4.79 Å². The smallest absolute Gasteiger partial charge is 0.171 e. The van der Waals surface area contributed by atoms with Gasteiger partial charge >= 0.3 is 0 Å². The normalized spacial score (nSPS) is 14.1. The number of fused-ring (bicyclic) bond motifs is 1. The van der Waals surface area contributed by atoms with E-state index >= 15 is 0 Å². The first-order valence-electron chi connectivity index (χ1n) is 5.46. The second-order valence-corrected chi connectivity index (χ2v) is 3.89. The molecule has 3 nitrogen and oxygen atoms in total. The number of carbonyl (C=O) groups excluding carboxylic acids is 1. The van der Waals surface area contributed by atoms with Crippen LogP contribution in [0.1, 0.15) is 22.5 Å². The van der Waals surface area contributed by atoms with Crippen molar-refractivity contribution in [3.05, 3.63) is 59.9 Å². The zero-order chi connectivity index (χ0) is 11.7. The predicted molar refractivity (Wildman–Crippen MR) is 65.8 cm³/mol. The fourth-order valence-electron chi connectivity index (χ4n) is 1.92. The summed E-state index contributed by atoms with van der Waals surface area (Å²) in [6, 6.07) is 13.0. The van der Waals surface area contributed by atoms with Crippen LogP contribution in [-0.2, 0) is 0 Å². The minimum absolute atomic E-state index is 0.108. The number of benzene rings is 1. The van der Waals surface area contributed by atoms with E-state index in [9.17, 15) is 4.79 Å². The molecule has 3 heteroatoms. The molecular weight excluding hydrogens is 212 g/mol. The Morgan fingerprint density at radius 3 is 2.65 bits per heavy atom. The Kier molecular flexibility index (Phi) is 2.29. The van der Waals surface area contributed by atoms with Crippen molar-refractivity contribution >= 4 is 17.2 Å². The Balaban J connectivity index is 2.11. The SMILES string of the molecule is O=C1CC(c2ccccn2)=Nc2ccccc21. The zero-order valence-electron chi connectivity index (χ0n) is 9.13. The van der Waals surface area contributed by atoms with Gasteiger partial charge in [-0.1, -0.05) is 18.2 Å². The number of aliphatic imine (C=N–C) groups is 1. The molecule has 3 rings (SSSR count). The van der Waals surface area contributed by atoms with Crippen molar-refractivity contribution in [3.8, 4) is 0 Å². The summed E-state index contributed by atoms with van der Waals surface area (Å²) in [5.41, 5.74) is 2.96. The van der Waals surface area contributed by atoms with Gasteiger partial charge in [-0.2, -0.15) is 0 Å². The van der Waals surface area contributed by atoms with Crippen molar-refractivity contribution in [3.63, 3.8) is 0 Å². The molecular formula is C14H10N2O. The lowest BCUT2D eigenvalue weighted by Gasteiger charge is -2.13. The molecule has 0 saturated carbocycles. The van der Waals surface area contributed by atoms with Crippen molar-refractivity contribution in [2.45, 2.75) is 6.42 Å². The van der Waals surface area contributed by atoms with Gasteiger partial charge < -0.3 is 0 Å². The summed E-state index contributed by atoms with van der Waals surface area (Å²) in [6.45, 7) is 0. The van der Waals surface area contributed by atoms with Crippen LogP contribution in [0.5, 0.6) is 0 Å².